The van der Waals surface area contributed by atoms with E-state index in [1.807, 2.05) is 24.3 Å². The Bertz CT molecular complexity index is 1010. The molecule has 146 valence electrons. The summed E-state index contributed by atoms with van der Waals surface area (Å²) in [7, 11) is 0. The van der Waals surface area contributed by atoms with Crippen LogP contribution in [0.3, 0.4) is 0 Å². The van der Waals surface area contributed by atoms with E-state index in [1.54, 1.807) is 0 Å². The van der Waals surface area contributed by atoms with E-state index >= 15 is 0 Å². The van der Waals surface area contributed by atoms with Crippen molar-refractivity contribution in [1.82, 2.24) is 10.3 Å². The van der Waals surface area contributed by atoms with Crippen LogP contribution in [0.25, 0.3) is 10.2 Å². The molecule has 1 atom stereocenters. The van der Waals surface area contributed by atoms with Crippen molar-refractivity contribution in [2.75, 3.05) is 12.3 Å². The van der Waals surface area contributed by atoms with Gasteiger partial charge in [-0.05, 0) is 60.9 Å². The minimum absolute atomic E-state index is 0.126. The van der Waals surface area contributed by atoms with Crippen molar-refractivity contribution in [3.05, 3.63) is 57.1 Å². The lowest BCUT2D eigenvalue weighted by Gasteiger charge is -2.22. The highest BCUT2D eigenvalue weighted by atomic mass is 35.5. The van der Waals surface area contributed by atoms with E-state index < -0.39 is 0 Å². The number of anilines is 1. The predicted octanol–water partition coefficient (Wildman–Crippen LogP) is 5.02. The molecule has 0 saturated heterocycles. The number of aromatic nitrogens is 1. The Labute approximate surface area is 174 Å². The van der Waals surface area contributed by atoms with Crippen LogP contribution >= 0.6 is 22.9 Å². The van der Waals surface area contributed by atoms with Gasteiger partial charge in [0.1, 0.15) is 9.71 Å². The van der Waals surface area contributed by atoms with Gasteiger partial charge in [0.05, 0.1) is 5.69 Å². The Morgan fingerprint density at radius 3 is 2.89 bits per heavy atom. The number of nitrogens with zero attached hydrogens (tertiary/aromatic N) is 1. The Kier molecular flexibility index (Phi) is 5.56. The number of carbonyl (C=O) groups excluding carboxylic acids is 1. The van der Waals surface area contributed by atoms with Gasteiger partial charge in [-0.1, -0.05) is 37.1 Å². The first kappa shape index (κ1) is 19.2. The smallest absolute Gasteiger partial charge is 0.263 e. The molecule has 1 aliphatic carbocycles. The number of benzene rings is 1. The summed E-state index contributed by atoms with van der Waals surface area (Å²) in [5.41, 5.74) is 10.5. The average molecular weight is 414 g/mol. The van der Waals surface area contributed by atoms with Gasteiger partial charge in [0.2, 0.25) is 0 Å². The molecule has 2 heterocycles. The van der Waals surface area contributed by atoms with Crippen LogP contribution in [0.4, 0.5) is 5.69 Å². The normalized spacial score (nSPS) is 16.1. The van der Waals surface area contributed by atoms with Crippen LogP contribution in [-0.4, -0.2) is 17.4 Å². The summed E-state index contributed by atoms with van der Waals surface area (Å²) in [6.07, 6.45) is 5.22. The molecule has 0 unspecified atom stereocenters. The fraction of sp³-hybridized carbons (Fsp3) is 0.364. The van der Waals surface area contributed by atoms with Gasteiger partial charge in [-0.3, -0.25) is 4.79 Å². The first-order valence-corrected chi connectivity index (χ1v) is 11.0. The van der Waals surface area contributed by atoms with E-state index in [0.717, 1.165) is 41.0 Å². The second-order valence-corrected chi connectivity index (χ2v) is 8.88. The van der Waals surface area contributed by atoms with E-state index in [9.17, 15) is 4.79 Å². The molecule has 0 aliphatic heterocycles. The number of aryl methyl sites for hydroxylation is 1. The minimum Gasteiger partial charge on any atom is -0.397 e. The van der Waals surface area contributed by atoms with Crippen molar-refractivity contribution < 1.29 is 4.79 Å². The highest BCUT2D eigenvalue weighted by Gasteiger charge is 2.23. The predicted molar refractivity (Wildman–Crippen MR) is 117 cm³/mol. The summed E-state index contributed by atoms with van der Waals surface area (Å²) in [5, 5.41) is 4.61. The molecule has 0 bridgehead atoms. The van der Waals surface area contributed by atoms with Gasteiger partial charge in [0.15, 0.2) is 0 Å². The van der Waals surface area contributed by atoms with Gasteiger partial charge >= 0.3 is 0 Å². The Hall–Kier alpha value is -2.11. The first-order chi connectivity index (χ1) is 13.5. The van der Waals surface area contributed by atoms with Crippen molar-refractivity contribution in [2.24, 2.45) is 5.92 Å². The van der Waals surface area contributed by atoms with Gasteiger partial charge in [0.25, 0.3) is 5.91 Å². The van der Waals surface area contributed by atoms with Crippen LogP contribution in [0.2, 0.25) is 5.02 Å². The van der Waals surface area contributed by atoms with Crippen LogP contribution in [0.5, 0.6) is 0 Å². The van der Waals surface area contributed by atoms with Crippen LogP contribution < -0.4 is 11.1 Å². The lowest BCUT2D eigenvalue weighted by molar-refractivity contribution is 0.0959. The summed E-state index contributed by atoms with van der Waals surface area (Å²) < 4.78 is 0. The third-order valence-electron chi connectivity index (χ3n) is 5.58. The maximum atomic E-state index is 12.7. The van der Waals surface area contributed by atoms with Gasteiger partial charge in [-0.15, -0.1) is 11.3 Å². The lowest BCUT2D eigenvalue weighted by atomic mass is 9.85. The van der Waals surface area contributed by atoms with Crippen molar-refractivity contribution in [2.45, 2.75) is 39.0 Å². The fourth-order valence-corrected chi connectivity index (χ4v) is 4.97. The molecule has 0 radical (unpaired) electrons. The second-order valence-electron chi connectivity index (χ2n) is 7.44. The number of hydrogen-bond acceptors (Lipinski definition) is 4. The summed E-state index contributed by atoms with van der Waals surface area (Å²) in [4.78, 5) is 18.9. The number of thiophene rings is 1. The number of nitrogens with one attached hydrogen (secondary N) is 1. The molecule has 1 aliphatic rings. The number of rotatable bonds is 5. The van der Waals surface area contributed by atoms with E-state index in [0.29, 0.717) is 22.1 Å². The molecule has 1 amide bonds. The number of nitrogen functional groups attached to an aromatic ring is 1. The topological polar surface area (TPSA) is 68.0 Å². The monoisotopic (exact) mass is 413 g/mol. The van der Waals surface area contributed by atoms with Crippen LogP contribution in [0.1, 0.15) is 46.3 Å². The molecule has 0 fully saturated rings. The van der Waals surface area contributed by atoms with Crippen LogP contribution in [0.15, 0.2) is 30.3 Å². The zero-order valence-corrected chi connectivity index (χ0v) is 17.5. The second kappa shape index (κ2) is 8.10. The van der Waals surface area contributed by atoms with Gasteiger partial charge in [-0.2, -0.15) is 0 Å². The number of halogens is 1. The number of amides is 1. The highest BCUT2D eigenvalue weighted by Crippen LogP contribution is 2.36. The Balaban J connectivity index is 1.49. The standard InChI is InChI=1S/C22H24ClN3OS/c1-2-13-5-8-18-15(11-13)12-17-19(24)20(28-22(17)26-18)21(27)25-10-9-14-3-6-16(23)7-4-14/h3-4,6-7,12-13H,2,5,8-11,24H2,1H3,(H,25,27)/t13-/m1/s1. The van der Waals surface area contributed by atoms with Crippen molar-refractivity contribution >= 4 is 44.7 Å². The fourth-order valence-electron chi connectivity index (χ4n) is 3.83. The largest absolute Gasteiger partial charge is 0.397 e. The van der Waals surface area contributed by atoms with Gasteiger partial charge < -0.3 is 11.1 Å². The molecule has 6 heteroatoms. The van der Waals surface area contributed by atoms with E-state index in [2.05, 4.69) is 18.3 Å². The van der Waals surface area contributed by atoms with Crippen LogP contribution in [-0.2, 0) is 19.3 Å². The number of nitrogens with two attached hydrogens (primary N) is 1. The SMILES string of the molecule is CC[C@@H]1CCc2nc3sc(C(=O)NCCc4ccc(Cl)cc4)c(N)c3cc2C1. The number of pyridine rings is 1. The molecule has 0 saturated carbocycles. The molecule has 1 aromatic carbocycles. The number of carbonyl (C=O) groups is 1. The minimum atomic E-state index is -0.126. The zero-order chi connectivity index (χ0) is 19.7. The van der Waals surface area contributed by atoms with E-state index in [4.69, 9.17) is 22.3 Å². The molecule has 4 nitrogen and oxygen atoms in total. The first-order valence-electron chi connectivity index (χ1n) is 9.78. The molecule has 4 rings (SSSR count). The van der Waals surface area contributed by atoms with Gasteiger partial charge in [0, 0.05) is 22.6 Å². The third-order valence-corrected chi connectivity index (χ3v) is 6.95. The number of hydrogen-bond donors (Lipinski definition) is 2. The van der Waals surface area contributed by atoms with Crippen LogP contribution in [0, 0.1) is 5.92 Å². The maximum Gasteiger partial charge on any atom is 0.263 e. The molecule has 3 N–H and O–H groups in total. The van der Waals surface area contributed by atoms with Crippen molar-refractivity contribution in [3.8, 4) is 0 Å². The third kappa shape index (κ3) is 3.87. The lowest BCUT2D eigenvalue weighted by Crippen LogP contribution is -2.25. The molecule has 3 aromatic rings. The summed E-state index contributed by atoms with van der Waals surface area (Å²) in [6.45, 7) is 2.79. The molecule has 0 spiro atoms. The van der Waals surface area contributed by atoms with Crippen molar-refractivity contribution in [1.29, 1.82) is 0 Å². The Morgan fingerprint density at radius 2 is 2.14 bits per heavy atom. The van der Waals surface area contributed by atoms with Crippen molar-refractivity contribution in [3.63, 3.8) is 0 Å². The van der Waals surface area contributed by atoms with E-state index in [1.165, 1.54) is 35.4 Å². The summed E-state index contributed by atoms with van der Waals surface area (Å²) in [5.74, 6) is 0.598. The Morgan fingerprint density at radius 1 is 1.36 bits per heavy atom. The summed E-state index contributed by atoms with van der Waals surface area (Å²) >= 11 is 7.30. The zero-order valence-electron chi connectivity index (χ0n) is 15.9. The number of fused-ring (bicyclic) bond motifs is 2. The summed E-state index contributed by atoms with van der Waals surface area (Å²) in [6, 6.07) is 9.83. The van der Waals surface area contributed by atoms with Gasteiger partial charge in [-0.25, -0.2) is 4.98 Å². The highest BCUT2D eigenvalue weighted by molar-refractivity contribution is 7.21. The molecular weight excluding hydrogens is 390 g/mol. The average Bonchev–Trinajstić information content (AvgIpc) is 3.03. The molecule has 28 heavy (non-hydrogen) atoms. The maximum absolute atomic E-state index is 12.7. The quantitative estimate of drug-likeness (QED) is 0.617. The molecule has 2 aromatic heterocycles. The molecular formula is C22H24ClN3OS. The van der Waals surface area contributed by atoms with E-state index in [-0.39, 0.29) is 5.91 Å².